The normalized spacial score (nSPS) is 11.3. The van der Waals surface area contributed by atoms with Crippen LogP contribution < -0.4 is 5.56 Å². The van der Waals surface area contributed by atoms with Crippen molar-refractivity contribution in [2.75, 3.05) is 0 Å². The Morgan fingerprint density at radius 2 is 1.83 bits per heavy atom. The maximum atomic E-state index is 13.3. The standard InChI is InChI=1S/C17H13BrFNO.CO2/c1-11(12-3-2-4-15(19)10-12)20-8-7-13-9-14(18)5-6-16(13)17(20)21;2-1-3/h2-11H,1H3;. The average Bonchev–Trinajstić information content (AvgIpc) is 2.55. The fourth-order valence-corrected chi connectivity index (χ4v) is 2.84. The highest BCUT2D eigenvalue weighted by atomic mass is 79.9. The third kappa shape index (κ3) is 3.85. The molecule has 3 aromatic rings. The van der Waals surface area contributed by atoms with E-state index in [1.807, 2.05) is 31.2 Å². The minimum Gasteiger partial charge on any atom is -0.308 e. The lowest BCUT2D eigenvalue weighted by Gasteiger charge is -2.16. The van der Waals surface area contributed by atoms with E-state index >= 15 is 0 Å². The van der Waals surface area contributed by atoms with E-state index < -0.39 is 0 Å². The molecule has 0 N–H and O–H groups in total. The van der Waals surface area contributed by atoms with Gasteiger partial charge in [-0.2, -0.15) is 9.59 Å². The van der Waals surface area contributed by atoms with Crippen molar-refractivity contribution in [3.63, 3.8) is 0 Å². The zero-order valence-electron chi connectivity index (χ0n) is 12.7. The molecule has 0 aliphatic carbocycles. The summed E-state index contributed by atoms with van der Waals surface area (Å²) in [4.78, 5) is 28.8. The highest BCUT2D eigenvalue weighted by molar-refractivity contribution is 9.10. The molecule has 0 aliphatic heterocycles. The Bertz CT molecular complexity index is 962. The van der Waals surface area contributed by atoms with Gasteiger partial charge in [0.15, 0.2) is 0 Å². The molecule has 0 aliphatic rings. The van der Waals surface area contributed by atoms with Gasteiger partial charge in [-0.15, -0.1) is 0 Å². The first-order valence-corrected chi connectivity index (χ1v) is 7.82. The lowest BCUT2D eigenvalue weighted by Crippen LogP contribution is -2.23. The summed E-state index contributed by atoms with van der Waals surface area (Å²) in [7, 11) is 0. The number of hydrogen-bond donors (Lipinski definition) is 0. The van der Waals surface area contributed by atoms with Gasteiger partial charge in [-0.05, 0) is 54.3 Å². The van der Waals surface area contributed by atoms with Crippen molar-refractivity contribution in [1.82, 2.24) is 4.57 Å². The van der Waals surface area contributed by atoms with E-state index in [2.05, 4.69) is 15.9 Å². The van der Waals surface area contributed by atoms with Gasteiger partial charge in [-0.25, -0.2) is 4.39 Å². The minimum atomic E-state index is -0.294. The molecule has 1 atom stereocenters. The number of halogens is 2. The predicted molar refractivity (Wildman–Crippen MR) is 91.1 cm³/mol. The highest BCUT2D eigenvalue weighted by Crippen LogP contribution is 2.20. The summed E-state index contributed by atoms with van der Waals surface area (Å²) in [6.45, 7) is 1.89. The number of carbonyl (C=O) groups excluding carboxylic acids is 2. The predicted octanol–water partition coefficient (Wildman–Crippen LogP) is 3.93. The zero-order valence-corrected chi connectivity index (χ0v) is 14.3. The maximum Gasteiger partial charge on any atom is 0.373 e. The molecule has 0 saturated carbocycles. The van der Waals surface area contributed by atoms with E-state index in [0.29, 0.717) is 5.39 Å². The van der Waals surface area contributed by atoms with Gasteiger partial charge < -0.3 is 4.57 Å². The third-order valence-electron chi connectivity index (χ3n) is 3.64. The molecule has 2 aromatic carbocycles. The largest absolute Gasteiger partial charge is 0.373 e. The van der Waals surface area contributed by atoms with Gasteiger partial charge in [0.25, 0.3) is 5.56 Å². The number of pyridine rings is 1. The molecular formula is C18H13BrFNO3. The van der Waals surface area contributed by atoms with Gasteiger partial charge in [0.1, 0.15) is 5.82 Å². The van der Waals surface area contributed by atoms with Crippen LogP contribution in [-0.2, 0) is 9.59 Å². The van der Waals surface area contributed by atoms with Crippen LogP contribution in [0, 0.1) is 5.82 Å². The Labute approximate surface area is 145 Å². The second-order valence-corrected chi connectivity index (χ2v) is 5.99. The summed E-state index contributed by atoms with van der Waals surface area (Å²) >= 11 is 3.40. The molecule has 24 heavy (non-hydrogen) atoms. The van der Waals surface area contributed by atoms with Crippen LogP contribution in [0.15, 0.2) is 64.0 Å². The fraction of sp³-hybridized carbons (Fsp3) is 0.111. The van der Waals surface area contributed by atoms with Crippen LogP contribution >= 0.6 is 15.9 Å². The number of rotatable bonds is 2. The van der Waals surface area contributed by atoms with Crippen LogP contribution in [0.4, 0.5) is 4.39 Å². The van der Waals surface area contributed by atoms with Crippen molar-refractivity contribution in [3.05, 3.63) is 80.9 Å². The van der Waals surface area contributed by atoms with Crippen molar-refractivity contribution in [2.45, 2.75) is 13.0 Å². The molecule has 1 aromatic heterocycles. The van der Waals surface area contributed by atoms with Crippen molar-refractivity contribution >= 4 is 32.9 Å². The SMILES string of the molecule is CC(c1cccc(F)c1)n1ccc2cc(Br)ccc2c1=O.O=C=O. The van der Waals surface area contributed by atoms with Crippen molar-refractivity contribution in [2.24, 2.45) is 0 Å². The van der Waals surface area contributed by atoms with E-state index in [0.717, 1.165) is 15.4 Å². The first-order chi connectivity index (χ1) is 11.5. The Morgan fingerprint density at radius 3 is 2.50 bits per heavy atom. The summed E-state index contributed by atoms with van der Waals surface area (Å²) in [6.07, 6.45) is 2.01. The average molecular weight is 390 g/mol. The molecule has 1 unspecified atom stereocenters. The van der Waals surface area contributed by atoms with Crippen LogP contribution in [0.1, 0.15) is 18.5 Å². The molecule has 6 heteroatoms. The first kappa shape index (κ1) is 17.8. The highest BCUT2D eigenvalue weighted by Gasteiger charge is 2.12. The number of nitrogens with zero attached hydrogens (tertiary/aromatic N) is 1. The summed E-state index contributed by atoms with van der Waals surface area (Å²) in [5.74, 6) is -0.294. The number of aromatic nitrogens is 1. The molecule has 1 heterocycles. The molecule has 0 bridgehead atoms. The van der Waals surface area contributed by atoms with E-state index in [9.17, 15) is 9.18 Å². The molecule has 0 saturated heterocycles. The topological polar surface area (TPSA) is 56.1 Å². The van der Waals surface area contributed by atoms with Crippen LogP contribution in [-0.4, -0.2) is 10.7 Å². The zero-order chi connectivity index (χ0) is 17.7. The number of fused-ring (bicyclic) bond motifs is 1. The van der Waals surface area contributed by atoms with Crippen LogP contribution in [0.5, 0.6) is 0 Å². The third-order valence-corrected chi connectivity index (χ3v) is 4.13. The first-order valence-electron chi connectivity index (χ1n) is 7.03. The molecular weight excluding hydrogens is 377 g/mol. The lowest BCUT2D eigenvalue weighted by molar-refractivity contribution is -0.191. The van der Waals surface area contributed by atoms with E-state index in [4.69, 9.17) is 9.59 Å². The van der Waals surface area contributed by atoms with Crippen molar-refractivity contribution in [1.29, 1.82) is 0 Å². The van der Waals surface area contributed by atoms with Gasteiger partial charge >= 0.3 is 6.15 Å². The number of hydrogen-bond acceptors (Lipinski definition) is 3. The Balaban J connectivity index is 0.000000647. The summed E-state index contributed by atoms with van der Waals surface area (Å²) < 4.78 is 15.9. The van der Waals surface area contributed by atoms with Crippen LogP contribution in [0.3, 0.4) is 0 Å². The van der Waals surface area contributed by atoms with E-state index in [1.165, 1.54) is 12.1 Å². The molecule has 0 amide bonds. The molecule has 0 radical (unpaired) electrons. The molecule has 3 rings (SSSR count). The second kappa shape index (κ2) is 7.81. The summed E-state index contributed by atoms with van der Waals surface area (Å²) in [6, 6.07) is 13.6. The Kier molecular flexibility index (Phi) is 5.79. The second-order valence-electron chi connectivity index (χ2n) is 5.07. The van der Waals surface area contributed by atoms with Crippen molar-refractivity contribution in [3.8, 4) is 0 Å². The fourth-order valence-electron chi connectivity index (χ4n) is 2.47. The quantitative estimate of drug-likeness (QED) is 0.667. The van der Waals surface area contributed by atoms with Gasteiger partial charge in [-0.1, -0.05) is 28.1 Å². The van der Waals surface area contributed by atoms with Gasteiger partial charge in [0.05, 0.1) is 6.04 Å². The summed E-state index contributed by atoms with van der Waals surface area (Å²) in [5, 5.41) is 1.54. The molecule has 122 valence electrons. The molecule has 0 fully saturated rings. The van der Waals surface area contributed by atoms with Crippen LogP contribution in [0.2, 0.25) is 0 Å². The van der Waals surface area contributed by atoms with E-state index in [1.54, 1.807) is 22.9 Å². The van der Waals surface area contributed by atoms with Crippen molar-refractivity contribution < 1.29 is 14.0 Å². The minimum absolute atomic E-state index is 0.0724. The lowest BCUT2D eigenvalue weighted by atomic mass is 10.1. The maximum absolute atomic E-state index is 13.3. The monoisotopic (exact) mass is 389 g/mol. The number of benzene rings is 2. The van der Waals surface area contributed by atoms with Gasteiger partial charge in [0, 0.05) is 16.1 Å². The molecule has 4 nitrogen and oxygen atoms in total. The summed E-state index contributed by atoms with van der Waals surface area (Å²) in [5.41, 5.74) is 0.699. The van der Waals surface area contributed by atoms with Gasteiger partial charge in [0.2, 0.25) is 0 Å². The molecule has 0 spiro atoms. The van der Waals surface area contributed by atoms with E-state index in [-0.39, 0.29) is 23.6 Å². The Hall–Kier alpha value is -2.56. The van der Waals surface area contributed by atoms with Crippen LogP contribution in [0.25, 0.3) is 10.8 Å². The Morgan fingerprint density at radius 1 is 1.12 bits per heavy atom. The smallest absolute Gasteiger partial charge is 0.308 e. The van der Waals surface area contributed by atoms with Gasteiger partial charge in [-0.3, -0.25) is 4.79 Å².